The monoisotopic (exact) mass is 240 g/mol. The molecule has 0 amide bonds. The maximum atomic E-state index is 5.31. The van der Waals surface area contributed by atoms with Crippen LogP contribution in [0.15, 0.2) is 21.9 Å². The van der Waals surface area contributed by atoms with Crippen LogP contribution in [0.1, 0.15) is 28.8 Å². The van der Waals surface area contributed by atoms with Gasteiger partial charge in [-0.25, -0.2) is 0 Å². The van der Waals surface area contributed by atoms with Crippen molar-refractivity contribution in [3.8, 4) is 0 Å². The molecule has 2 heterocycles. The molecular formula is C10H12N2OS2. The van der Waals surface area contributed by atoms with Crippen molar-refractivity contribution in [3.63, 3.8) is 0 Å². The molecular weight excluding hydrogens is 228 g/mol. The van der Waals surface area contributed by atoms with E-state index in [9.17, 15) is 0 Å². The summed E-state index contributed by atoms with van der Waals surface area (Å²) in [5.74, 6) is 2.12. The molecule has 0 spiro atoms. The molecule has 0 aliphatic rings. The molecule has 2 aromatic heterocycles. The Bertz CT molecular complexity index is 411. The summed E-state index contributed by atoms with van der Waals surface area (Å²) in [5, 5.41) is 10.3. The van der Waals surface area contributed by atoms with Crippen molar-refractivity contribution in [1.29, 1.82) is 0 Å². The minimum atomic E-state index is 0.484. The zero-order chi connectivity index (χ0) is 10.7. The molecule has 0 aliphatic heterocycles. The normalized spacial score (nSPS) is 12.9. The van der Waals surface area contributed by atoms with Crippen LogP contribution in [0.2, 0.25) is 0 Å². The first-order valence-corrected chi connectivity index (χ1v) is 6.62. The molecule has 80 valence electrons. The third-order valence-corrected chi connectivity index (χ3v) is 4.34. The van der Waals surface area contributed by atoms with Gasteiger partial charge in [0, 0.05) is 17.1 Å². The molecule has 0 bridgehead atoms. The lowest BCUT2D eigenvalue weighted by molar-refractivity contribution is 0.485. The minimum Gasteiger partial charge on any atom is -0.425 e. The molecule has 0 aromatic carbocycles. The molecule has 2 aromatic rings. The smallest absolute Gasteiger partial charge is 0.226 e. The maximum absolute atomic E-state index is 5.31. The topological polar surface area (TPSA) is 38.9 Å². The first-order valence-electron chi connectivity index (χ1n) is 4.69. The minimum absolute atomic E-state index is 0.484. The average molecular weight is 240 g/mol. The second kappa shape index (κ2) is 4.81. The van der Waals surface area contributed by atoms with Gasteiger partial charge in [0.1, 0.15) is 0 Å². The van der Waals surface area contributed by atoms with Gasteiger partial charge in [-0.3, -0.25) is 0 Å². The first-order chi connectivity index (χ1) is 7.25. The Balaban J connectivity index is 1.88. The van der Waals surface area contributed by atoms with E-state index in [-0.39, 0.29) is 0 Å². The molecule has 1 atom stereocenters. The van der Waals surface area contributed by atoms with Crippen molar-refractivity contribution in [1.82, 2.24) is 10.2 Å². The van der Waals surface area contributed by atoms with E-state index in [1.807, 2.05) is 18.7 Å². The fraction of sp³-hybridized carbons (Fsp3) is 0.400. The van der Waals surface area contributed by atoms with E-state index in [4.69, 9.17) is 4.42 Å². The SMILES string of the molecule is Cc1nnc(CSC(C)c2cccs2)o1. The van der Waals surface area contributed by atoms with Gasteiger partial charge in [-0.2, -0.15) is 0 Å². The van der Waals surface area contributed by atoms with E-state index in [1.165, 1.54) is 4.88 Å². The summed E-state index contributed by atoms with van der Waals surface area (Å²) in [6, 6.07) is 4.23. The Morgan fingerprint density at radius 3 is 3.00 bits per heavy atom. The van der Waals surface area contributed by atoms with Crippen LogP contribution >= 0.6 is 23.1 Å². The fourth-order valence-electron chi connectivity index (χ4n) is 1.20. The van der Waals surface area contributed by atoms with Crippen molar-refractivity contribution >= 4 is 23.1 Å². The second-order valence-corrected chi connectivity index (χ2v) is 5.49. The molecule has 2 rings (SSSR count). The number of hydrogen-bond donors (Lipinski definition) is 0. The Kier molecular flexibility index (Phi) is 3.43. The molecule has 0 radical (unpaired) electrons. The zero-order valence-corrected chi connectivity index (χ0v) is 10.3. The summed E-state index contributed by atoms with van der Waals surface area (Å²) in [6.07, 6.45) is 0. The number of aryl methyl sites for hydroxylation is 1. The van der Waals surface area contributed by atoms with Crippen LogP contribution in [0, 0.1) is 6.92 Å². The van der Waals surface area contributed by atoms with Gasteiger partial charge in [-0.1, -0.05) is 6.07 Å². The largest absolute Gasteiger partial charge is 0.425 e. The van der Waals surface area contributed by atoms with Gasteiger partial charge in [0.2, 0.25) is 11.8 Å². The number of hydrogen-bond acceptors (Lipinski definition) is 5. The van der Waals surface area contributed by atoms with Gasteiger partial charge in [0.05, 0.1) is 5.75 Å². The van der Waals surface area contributed by atoms with Gasteiger partial charge in [-0.05, 0) is 18.4 Å². The van der Waals surface area contributed by atoms with Crippen LogP contribution < -0.4 is 0 Å². The van der Waals surface area contributed by atoms with Gasteiger partial charge >= 0.3 is 0 Å². The van der Waals surface area contributed by atoms with Crippen molar-refractivity contribution < 1.29 is 4.42 Å². The fourth-order valence-corrected chi connectivity index (χ4v) is 2.98. The number of aromatic nitrogens is 2. The summed E-state index contributed by atoms with van der Waals surface area (Å²) >= 11 is 3.60. The quantitative estimate of drug-likeness (QED) is 0.820. The molecule has 3 nitrogen and oxygen atoms in total. The molecule has 0 saturated carbocycles. The summed E-state index contributed by atoms with van der Waals surface area (Å²) < 4.78 is 5.31. The van der Waals surface area contributed by atoms with Gasteiger partial charge in [-0.15, -0.1) is 33.3 Å². The average Bonchev–Trinajstić information content (AvgIpc) is 2.84. The Hall–Kier alpha value is -0.810. The second-order valence-electron chi connectivity index (χ2n) is 3.18. The third-order valence-electron chi connectivity index (χ3n) is 1.97. The van der Waals surface area contributed by atoms with Crippen molar-refractivity contribution in [3.05, 3.63) is 34.2 Å². The van der Waals surface area contributed by atoms with Gasteiger partial charge in [0.25, 0.3) is 0 Å². The van der Waals surface area contributed by atoms with Gasteiger partial charge in [0.15, 0.2) is 0 Å². The highest BCUT2D eigenvalue weighted by molar-refractivity contribution is 7.98. The van der Waals surface area contributed by atoms with E-state index in [2.05, 4.69) is 34.6 Å². The summed E-state index contributed by atoms with van der Waals surface area (Å²) in [5.41, 5.74) is 0. The van der Waals surface area contributed by atoms with Crippen LogP contribution in [0.25, 0.3) is 0 Å². The highest BCUT2D eigenvalue weighted by Gasteiger charge is 2.09. The van der Waals surface area contributed by atoms with Crippen LogP contribution in [0.5, 0.6) is 0 Å². The Morgan fingerprint density at radius 1 is 1.53 bits per heavy atom. The Morgan fingerprint density at radius 2 is 2.40 bits per heavy atom. The number of rotatable bonds is 4. The number of thioether (sulfide) groups is 1. The van der Waals surface area contributed by atoms with Crippen LogP contribution in [-0.4, -0.2) is 10.2 Å². The van der Waals surface area contributed by atoms with Crippen LogP contribution in [0.3, 0.4) is 0 Å². The van der Waals surface area contributed by atoms with Crippen molar-refractivity contribution in [2.24, 2.45) is 0 Å². The van der Waals surface area contributed by atoms with Crippen LogP contribution in [0.4, 0.5) is 0 Å². The highest BCUT2D eigenvalue weighted by atomic mass is 32.2. The molecule has 15 heavy (non-hydrogen) atoms. The molecule has 0 N–H and O–H groups in total. The van der Waals surface area contributed by atoms with E-state index in [0.29, 0.717) is 17.0 Å². The van der Waals surface area contributed by atoms with E-state index in [1.54, 1.807) is 11.3 Å². The molecule has 0 saturated heterocycles. The van der Waals surface area contributed by atoms with Crippen molar-refractivity contribution in [2.75, 3.05) is 0 Å². The van der Waals surface area contributed by atoms with E-state index < -0.39 is 0 Å². The summed E-state index contributed by atoms with van der Waals surface area (Å²) in [7, 11) is 0. The lowest BCUT2D eigenvalue weighted by atomic mass is 10.4. The molecule has 5 heteroatoms. The molecule has 1 unspecified atom stereocenters. The summed E-state index contributed by atoms with van der Waals surface area (Å²) in [6.45, 7) is 4.00. The predicted octanol–water partition coefficient (Wildman–Crippen LogP) is 3.43. The zero-order valence-electron chi connectivity index (χ0n) is 8.64. The molecule has 0 fully saturated rings. The standard InChI is InChI=1S/C10H12N2OS2/c1-7(9-4-3-5-14-9)15-6-10-12-11-8(2)13-10/h3-5,7H,6H2,1-2H3. The van der Waals surface area contributed by atoms with E-state index >= 15 is 0 Å². The molecule has 0 aliphatic carbocycles. The predicted molar refractivity (Wildman–Crippen MR) is 63.1 cm³/mol. The number of thiophene rings is 1. The first kappa shape index (κ1) is 10.7. The van der Waals surface area contributed by atoms with Gasteiger partial charge < -0.3 is 4.42 Å². The van der Waals surface area contributed by atoms with E-state index in [0.717, 1.165) is 5.75 Å². The highest BCUT2D eigenvalue weighted by Crippen LogP contribution is 2.33. The number of nitrogens with zero attached hydrogens (tertiary/aromatic N) is 2. The summed E-state index contributed by atoms with van der Waals surface area (Å²) in [4.78, 5) is 1.39. The van der Waals surface area contributed by atoms with Crippen molar-refractivity contribution in [2.45, 2.75) is 24.9 Å². The Labute approximate surface area is 96.9 Å². The lowest BCUT2D eigenvalue weighted by Gasteiger charge is -2.06. The lowest BCUT2D eigenvalue weighted by Crippen LogP contribution is -1.86. The third kappa shape index (κ3) is 2.82. The maximum Gasteiger partial charge on any atom is 0.226 e. The van der Waals surface area contributed by atoms with Crippen LogP contribution in [-0.2, 0) is 5.75 Å².